The number of benzene rings is 2. The van der Waals surface area contributed by atoms with Gasteiger partial charge in [0.25, 0.3) is 0 Å². The Hall–Kier alpha value is -3.35. The average molecular weight is 398 g/mol. The van der Waals surface area contributed by atoms with Gasteiger partial charge in [0.1, 0.15) is 11.2 Å². The lowest BCUT2D eigenvalue weighted by Gasteiger charge is -2.24. The van der Waals surface area contributed by atoms with Gasteiger partial charge in [-0.15, -0.1) is 0 Å². The standard InChI is InChI=1S/C22H26N2O5/c1-14(2)29-18-12-7-6-11-17(18)24-21(27)22(3,4)20(26)23-16-10-8-9-15(13-16)19(25)28-5/h6-14H,1-5H3,(H,23,26)(H,24,27). The molecule has 0 radical (unpaired) electrons. The molecular formula is C22H26N2O5. The minimum atomic E-state index is -1.38. The van der Waals surface area contributed by atoms with Gasteiger partial charge < -0.3 is 20.1 Å². The van der Waals surface area contributed by atoms with Gasteiger partial charge in [0.15, 0.2) is 0 Å². The van der Waals surface area contributed by atoms with Crippen LogP contribution in [0.5, 0.6) is 5.75 Å². The van der Waals surface area contributed by atoms with Crippen LogP contribution in [0.1, 0.15) is 38.1 Å². The number of ether oxygens (including phenoxy) is 2. The molecule has 2 aromatic carbocycles. The normalized spacial score (nSPS) is 11.0. The van der Waals surface area contributed by atoms with E-state index in [1.54, 1.807) is 42.5 Å². The number of esters is 1. The fourth-order valence-electron chi connectivity index (χ4n) is 2.44. The molecule has 0 fully saturated rings. The van der Waals surface area contributed by atoms with Crippen LogP contribution in [-0.4, -0.2) is 31.0 Å². The first-order valence-corrected chi connectivity index (χ1v) is 9.22. The van der Waals surface area contributed by atoms with Gasteiger partial charge in [-0.05, 0) is 58.0 Å². The van der Waals surface area contributed by atoms with E-state index >= 15 is 0 Å². The Morgan fingerprint density at radius 1 is 0.931 bits per heavy atom. The molecule has 7 nitrogen and oxygen atoms in total. The summed E-state index contributed by atoms with van der Waals surface area (Å²) in [6, 6.07) is 13.4. The average Bonchev–Trinajstić information content (AvgIpc) is 2.68. The number of carbonyl (C=O) groups is 3. The van der Waals surface area contributed by atoms with Gasteiger partial charge in [-0.1, -0.05) is 18.2 Å². The van der Waals surface area contributed by atoms with Gasteiger partial charge in [-0.25, -0.2) is 4.79 Å². The van der Waals surface area contributed by atoms with E-state index in [4.69, 9.17) is 4.74 Å². The first kappa shape index (κ1) is 21.9. The van der Waals surface area contributed by atoms with Crippen molar-refractivity contribution in [1.29, 1.82) is 0 Å². The summed E-state index contributed by atoms with van der Waals surface area (Å²) in [4.78, 5) is 37.2. The van der Waals surface area contributed by atoms with E-state index in [0.717, 1.165) is 0 Å². The Bertz CT molecular complexity index is 906. The van der Waals surface area contributed by atoms with Crippen molar-refractivity contribution in [2.24, 2.45) is 5.41 Å². The first-order valence-electron chi connectivity index (χ1n) is 9.22. The highest BCUT2D eigenvalue weighted by atomic mass is 16.5. The number of methoxy groups -OCH3 is 1. The lowest BCUT2D eigenvalue weighted by atomic mass is 9.90. The summed E-state index contributed by atoms with van der Waals surface area (Å²) in [6.07, 6.45) is -0.0635. The maximum Gasteiger partial charge on any atom is 0.337 e. The highest BCUT2D eigenvalue weighted by Crippen LogP contribution is 2.28. The van der Waals surface area contributed by atoms with Gasteiger partial charge in [-0.3, -0.25) is 9.59 Å². The zero-order valence-electron chi connectivity index (χ0n) is 17.2. The number of carbonyl (C=O) groups excluding carboxylic acids is 3. The molecule has 0 aliphatic carbocycles. The van der Waals surface area contributed by atoms with E-state index in [2.05, 4.69) is 15.4 Å². The fraction of sp³-hybridized carbons (Fsp3) is 0.318. The third kappa shape index (κ3) is 5.57. The monoisotopic (exact) mass is 398 g/mol. The van der Waals surface area contributed by atoms with Crippen molar-refractivity contribution in [3.63, 3.8) is 0 Å². The van der Waals surface area contributed by atoms with Crippen molar-refractivity contribution in [2.45, 2.75) is 33.8 Å². The molecule has 0 spiro atoms. The van der Waals surface area contributed by atoms with Gasteiger partial charge in [0.2, 0.25) is 11.8 Å². The van der Waals surface area contributed by atoms with Crippen LogP contribution >= 0.6 is 0 Å². The molecule has 2 amide bonds. The summed E-state index contributed by atoms with van der Waals surface area (Å²) < 4.78 is 10.4. The third-order valence-electron chi connectivity index (χ3n) is 4.17. The summed E-state index contributed by atoms with van der Waals surface area (Å²) in [7, 11) is 1.28. The van der Waals surface area contributed by atoms with Crippen LogP contribution in [0.3, 0.4) is 0 Å². The van der Waals surface area contributed by atoms with E-state index in [-0.39, 0.29) is 6.10 Å². The smallest absolute Gasteiger partial charge is 0.337 e. The summed E-state index contributed by atoms with van der Waals surface area (Å²) in [5, 5.41) is 5.44. The highest BCUT2D eigenvalue weighted by Gasteiger charge is 2.36. The van der Waals surface area contributed by atoms with E-state index in [1.165, 1.54) is 27.0 Å². The molecule has 2 N–H and O–H groups in total. The van der Waals surface area contributed by atoms with Crippen molar-refractivity contribution < 1.29 is 23.9 Å². The Balaban J connectivity index is 2.15. The predicted molar refractivity (Wildman–Crippen MR) is 111 cm³/mol. The van der Waals surface area contributed by atoms with Crippen LogP contribution in [-0.2, 0) is 14.3 Å². The van der Waals surface area contributed by atoms with E-state index < -0.39 is 23.2 Å². The maximum absolute atomic E-state index is 12.8. The Morgan fingerprint density at radius 2 is 1.59 bits per heavy atom. The zero-order valence-corrected chi connectivity index (χ0v) is 17.2. The highest BCUT2D eigenvalue weighted by molar-refractivity contribution is 6.14. The Labute approximate surface area is 170 Å². The molecule has 0 saturated carbocycles. The van der Waals surface area contributed by atoms with Crippen molar-refractivity contribution in [2.75, 3.05) is 17.7 Å². The molecule has 2 rings (SSSR count). The molecule has 0 aliphatic rings. The molecular weight excluding hydrogens is 372 g/mol. The van der Waals surface area contributed by atoms with Crippen LogP contribution in [0.15, 0.2) is 48.5 Å². The number of hydrogen-bond acceptors (Lipinski definition) is 5. The molecule has 0 heterocycles. The van der Waals surface area contributed by atoms with Crippen LogP contribution in [0.4, 0.5) is 11.4 Å². The minimum Gasteiger partial charge on any atom is -0.489 e. The summed E-state index contributed by atoms with van der Waals surface area (Å²) in [5.74, 6) is -0.990. The summed E-state index contributed by atoms with van der Waals surface area (Å²) in [6.45, 7) is 6.82. The lowest BCUT2D eigenvalue weighted by molar-refractivity contribution is -0.135. The van der Waals surface area contributed by atoms with Crippen molar-refractivity contribution >= 4 is 29.2 Å². The Kier molecular flexibility index (Phi) is 6.98. The zero-order chi connectivity index (χ0) is 21.6. The van der Waals surface area contributed by atoms with Crippen LogP contribution < -0.4 is 15.4 Å². The molecule has 29 heavy (non-hydrogen) atoms. The number of anilines is 2. The quantitative estimate of drug-likeness (QED) is 0.546. The molecule has 0 aliphatic heterocycles. The van der Waals surface area contributed by atoms with E-state index in [0.29, 0.717) is 22.7 Å². The first-order chi connectivity index (χ1) is 13.6. The van der Waals surface area contributed by atoms with Gasteiger partial charge in [0, 0.05) is 5.69 Å². The van der Waals surface area contributed by atoms with Gasteiger partial charge in [-0.2, -0.15) is 0 Å². The molecule has 0 saturated heterocycles. The topological polar surface area (TPSA) is 93.7 Å². The number of hydrogen-bond donors (Lipinski definition) is 2. The summed E-state index contributed by atoms with van der Waals surface area (Å²) in [5.41, 5.74) is -0.207. The number of amides is 2. The van der Waals surface area contributed by atoms with Crippen LogP contribution in [0, 0.1) is 5.41 Å². The lowest BCUT2D eigenvalue weighted by Crippen LogP contribution is -2.41. The van der Waals surface area contributed by atoms with Gasteiger partial charge >= 0.3 is 5.97 Å². The second kappa shape index (κ2) is 9.23. The van der Waals surface area contributed by atoms with Crippen molar-refractivity contribution in [1.82, 2.24) is 0 Å². The largest absolute Gasteiger partial charge is 0.489 e. The van der Waals surface area contributed by atoms with Crippen LogP contribution in [0.2, 0.25) is 0 Å². The molecule has 0 bridgehead atoms. The van der Waals surface area contributed by atoms with Crippen LogP contribution in [0.25, 0.3) is 0 Å². The Morgan fingerprint density at radius 3 is 2.24 bits per heavy atom. The van der Waals surface area contributed by atoms with E-state index in [9.17, 15) is 14.4 Å². The molecule has 0 atom stereocenters. The predicted octanol–water partition coefficient (Wildman–Crippen LogP) is 3.86. The molecule has 2 aromatic rings. The molecule has 0 unspecified atom stereocenters. The van der Waals surface area contributed by atoms with Crippen molar-refractivity contribution in [3.05, 3.63) is 54.1 Å². The van der Waals surface area contributed by atoms with E-state index in [1.807, 2.05) is 13.8 Å². The maximum atomic E-state index is 12.8. The molecule has 0 aromatic heterocycles. The second-order valence-corrected chi connectivity index (χ2v) is 7.27. The number of nitrogens with one attached hydrogen (secondary N) is 2. The number of para-hydroxylation sites is 2. The molecule has 154 valence electrons. The summed E-state index contributed by atoms with van der Waals surface area (Å²) >= 11 is 0. The molecule has 7 heteroatoms. The fourth-order valence-corrected chi connectivity index (χ4v) is 2.44. The second-order valence-electron chi connectivity index (χ2n) is 7.27. The SMILES string of the molecule is COC(=O)c1cccc(NC(=O)C(C)(C)C(=O)Nc2ccccc2OC(C)C)c1. The minimum absolute atomic E-state index is 0.0635. The van der Waals surface area contributed by atoms with Crippen molar-refractivity contribution in [3.8, 4) is 5.75 Å². The number of rotatable bonds is 7. The van der Waals surface area contributed by atoms with Gasteiger partial charge in [0.05, 0.1) is 24.5 Å². The third-order valence-corrected chi connectivity index (χ3v) is 4.17.